The summed E-state index contributed by atoms with van der Waals surface area (Å²) in [6.07, 6.45) is 4.07. The number of piperazine rings is 1. The molecule has 126 valence electrons. The van der Waals surface area contributed by atoms with Crippen LogP contribution in [0.5, 0.6) is 0 Å². The average molecular weight is 336 g/mol. The summed E-state index contributed by atoms with van der Waals surface area (Å²) >= 11 is 6.35. The molecule has 5 heteroatoms. The number of nitrogens with zero attached hydrogens (tertiary/aromatic N) is 1. The van der Waals surface area contributed by atoms with E-state index in [9.17, 15) is 4.79 Å². The van der Waals surface area contributed by atoms with Crippen LogP contribution in [0, 0.1) is 5.92 Å². The van der Waals surface area contributed by atoms with Gasteiger partial charge in [-0.25, -0.2) is 0 Å². The Kier molecular flexibility index (Phi) is 5.92. The maximum atomic E-state index is 12.8. The maximum Gasteiger partial charge on any atom is 0.223 e. The van der Waals surface area contributed by atoms with Gasteiger partial charge in [-0.05, 0) is 49.9 Å². The molecule has 1 amide bonds. The molecule has 0 bridgehead atoms. The molecule has 0 aromatic heterocycles. The number of rotatable bonds is 4. The molecule has 2 aliphatic heterocycles. The second kappa shape index (κ2) is 8.13. The zero-order valence-corrected chi connectivity index (χ0v) is 14.3. The summed E-state index contributed by atoms with van der Waals surface area (Å²) in [6.45, 7) is 4.59. The molecule has 3 rings (SSSR count). The summed E-state index contributed by atoms with van der Waals surface area (Å²) in [5.74, 6) is 0.969. The number of hydrogen-bond donors (Lipinski definition) is 2. The van der Waals surface area contributed by atoms with Crippen molar-refractivity contribution in [1.82, 2.24) is 15.5 Å². The van der Waals surface area contributed by atoms with Gasteiger partial charge in [0.25, 0.3) is 0 Å². The number of carbonyl (C=O) groups is 1. The van der Waals surface area contributed by atoms with Crippen LogP contribution in [-0.4, -0.2) is 43.5 Å². The van der Waals surface area contributed by atoms with Gasteiger partial charge in [-0.1, -0.05) is 29.8 Å². The van der Waals surface area contributed by atoms with E-state index in [1.807, 2.05) is 29.2 Å². The number of amides is 1. The molecule has 2 N–H and O–H groups in total. The first kappa shape index (κ1) is 16.7. The molecule has 2 aliphatic rings. The van der Waals surface area contributed by atoms with E-state index in [0.29, 0.717) is 12.3 Å². The number of carbonyl (C=O) groups excluding carboxylic acids is 1. The summed E-state index contributed by atoms with van der Waals surface area (Å²) in [7, 11) is 0. The Hall–Kier alpha value is -1.10. The second-order valence-electron chi connectivity index (χ2n) is 6.56. The molecule has 4 nitrogen and oxygen atoms in total. The van der Waals surface area contributed by atoms with Crippen LogP contribution in [0.1, 0.15) is 37.3 Å². The molecule has 1 aromatic carbocycles. The summed E-state index contributed by atoms with van der Waals surface area (Å²) in [5, 5.41) is 7.52. The van der Waals surface area contributed by atoms with E-state index in [2.05, 4.69) is 10.6 Å². The number of hydrogen-bond acceptors (Lipinski definition) is 3. The molecule has 2 fully saturated rings. The normalized spacial score (nSPS) is 23.0. The summed E-state index contributed by atoms with van der Waals surface area (Å²) in [4.78, 5) is 14.8. The Labute approximate surface area is 143 Å². The highest BCUT2D eigenvalue weighted by Gasteiger charge is 2.29. The molecular weight excluding hydrogens is 310 g/mol. The lowest BCUT2D eigenvalue weighted by atomic mass is 9.92. The standard InChI is InChI=1S/C18H26ClN3O/c19-16-4-2-1-3-15(16)17-13-21-11-12-22(17)18(23)6-5-14-7-9-20-10-8-14/h1-4,14,17,20-21H,5-13H2. The van der Waals surface area contributed by atoms with Crippen LogP contribution in [0.3, 0.4) is 0 Å². The lowest BCUT2D eigenvalue weighted by Crippen LogP contribution is -2.48. The van der Waals surface area contributed by atoms with E-state index in [1.165, 1.54) is 12.8 Å². The van der Waals surface area contributed by atoms with Crippen LogP contribution >= 0.6 is 11.6 Å². The van der Waals surface area contributed by atoms with Crippen LogP contribution in [0.25, 0.3) is 0 Å². The number of benzene rings is 1. The largest absolute Gasteiger partial charge is 0.333 e. The van der Waals surface area contributed by atoms with Crippen molar-refractivity contribution < 1.29 is 4.79 Å². The smallest absolute Gasteiger partial charge is 0.223 e. The molecule has 23 heavy (non-hydrogen) atoms. The fourth-order valence-corrected chi connectivity index (χ4v) is 3.93. The van der Waals surface area contributed by atoms with Crippen molar-refractivity contribution in [2.24, 2.45) is 5.92 Å². The van der Waals surface area contributed by atoms with E-state index in [0.717, 1.165) is 49.7 Å². The Morgan fingerprint density at radius 1 is 1.17 bits per heavy atom. The van der Waals surface area contributed by atoms with Crippen molar-refractivity contribution >= 4 is 17.5 Å². The fraction of sp³-hybridized carbons (Fsp3) is 0.611. The van der Waals surface area contributed by atoms with Gasteiger partial charge >= 0.3 is 0 Å². The SMILES string of the molecule is O=C(CCC1CCNCC1)N1CCNCC1c1ccccc1Cl. The van der Waals surface area contributed by atoms with Crippen LogP contribution in [0.2, 0.25) is 5.02 Å². The number of halogens is 1. The van der Waals surface area contributed by atoms with E-state index < -0.39 is 0 Å². The van der Waals surface area contributed by atoms with Crippen molar-refractivity contribution in [3.63, 3.8) is 0 Å². The Morgan fingerprint density at radius 2 is 1.96 bits per heavy atom. The predicted octanol–water partition coefficient (Wildman–Crippen LogP) is 2.59. The molecular formula is C18H26ClN3O. The first-order valence-corrected chi connectivity index (χ1v) is 9.09. The lowest BCUT2D eigenvalue weighted by molar-refractivity contribution is -0.134. The molecule has 0 aliphatic carbocycles. The summed E-state index contributed by atoms with van der Waals surface area (Å²) in [6, 6.07) is 7.92. The third-order valence-corrected chi connectivity index (χ3v) is 5.40. The van der Waals surface area contributed by atoms with Gasteiger partial charge in [0.2, 0.25) is 5.91 Å². The third kappa shape index (κ3) is 4.25. The molecule has 1 unspecified atom stereocenters. The van der Waals surface area contributed by atoms with E-state index in [1.54, 1.807) is 0 Å². The quantitative estimate of drug-likeness (QED) is 0.889. The van der Waals surface area contributed by atoms with Gasteiger partial charge in [0.05, 0.1) is 6.04 Å². The number of nitrogens with one attached hydrogen (secondary N) is 2. The maximum absolute atomic E-state index is 12.8. The van der Waals surface area contributed by atoms with Crippen LogP contribution in [0.4, 0.5) is 0 Å². The first-order valence-electron chi connectivity index (χ1n) is 8.71. The van der Waals surface area contributed by atoms with Gasteiger partial charge in [-0.2, -0.15) is 0 Å². The van der Waals surface area contributed by atoms with E-state index >= 15 is 0 Å². The molecule has 0 radical (unpaired) electrons. The van der Waals surface area contributed by atoms with E-state index in [4.69, 9.17) is 11.6 Å². The summed E-state index contributed by atoms with van der Waals surface area (Å²) in [5.41, 5.74) is 1.05. The van der Waals surface area contributed by atoms with Crippen LogP contribution < -0.4 is 10.6 Å². The molecule has 1 aromatic rings. The fourth-order valence-electron chi connectivity index (χ4n) is 3.67. The number of piperidine rings is 1. The highest BCUT2D eigenvalue weighted by Crippen LogP contribution is 2.29. The van der Waals surface area contributed by atoms with Crippen molar-refractivity contribution in [3.8, 4) is 0 Å². The van der Waals surface area contributed by atoms with Gasteiger partial charge in [-0.15, -0.1) is 0 Å². The highest BCUT2D eigenvalue weighted by atomic mass is 35.5. The van der Waals surface area contributed by atoms with E-state index in [-0.39, 0.29) is 11.9 Å². The van der Waals surface area contributed by atoms with Crippen molar-refractivity contribution in [3.05, 3.63) is 34.9 Å². The van der Waals surface area contributed by atoms with Crippen LogP contribution in [0.15, 0.2) is 24.3 Å². The first-order chi connectivity index (χ1) is 11.3. The van der Waals surface area contributed by atoms with Crippen molar-refractivity contribution in [2.75, 3.05) is 32.7 Å². The van der Waals surface area contributed by atoms with Crippen molar-refractivity contribution in [1.29, 1.82) is 0 Å². The summed E-state index contributed by atoms with van der Waals surface area (Å²) < 4.78 is 0. The zero-order chi connectivity index (χ0) is 16.1. The topological polar surface area (TPSA) is 44.4 Å². The van der Waals surface area contributed by atoms with Gasteiger partial charge in [0.1, 0.15) is 0 Å². The Bertz CT molecular complexity index is 531. The minimum atomic E-state index is 0.0537. The van der Waals surface area contributed by atoms with Crippen molar-refractivity contribution in [2.45, 2.75) is 31.7 Å². The minimum Gasteiger partial charge on any atom is -0.333 e. The molecule has 2 heterocycles. The third-order valence-electron chi connectivity index (χ3n) is 5.05. The molecule has 0 saturated carbocycles. The zero-order valence-electron chi connectivity index (χ0n) is 13.6. The van der Waals surface area contributed by atoms with Gasteiger partial charge in [0.15, 0.2) is 0 Å². The highest BCUT2D eigenvalue weighted by molar-refractivity contribution is 6.31. The molecule has 1 atom stereocenters. The predicted molar refractivity (Wildman–Crippen MR) is 93.6 cm³/mol. The molecule has 2 saturated heterocycles. The van der Waals surface area contributed by atoms with Crippen LogP contribution in [-0.2, 0) is 4.79 Å². The molecule has 0 spiro atoms. The minimum absolute atomic E-state index is 0.0537. The Morgan fingerprint density at radius 3 is 2.74 bits per heavy atom. The van der Waals surface area contributed by atoms with Gasteiger partial charge in [0, 0.05) is 31.1 Å². The van der Waals surface area contributed by atoms with Gasteiger partial charge in [-0.3, -0.25) is 4.79 Å². The lowest BCUT2D eigenvalue weighted by Gasteiger charge is -2.37. The monoisotopic (exact) mass is 335 g/mol. The average Bonchev–Trinajstić information content (AvgIpc) is 2.61. The Balaban J connectivity index is 1.63. The second-order valence-corrected chi connectivity index (χ2v) is 6.97. The van der Waals surface area contributed by atoms with Gasteiger partial charge < -0.3 is 15.5 Å².